The molecule has 32 heavy (non-hydrogen) atoms. The van der Waals surface area contributed by atoms with E-state index in [9.17, 15) is 9.59 Å². The quantitative estimate of drug-likeness (QED) is 0.600. The van der Waals surface area contributed by atoms with Crippen molar-refractivity contribution in [3.05, 3.63) is 53.6 Å². The lowest BCUT2D eigenvalue weighted by Gasteiger charge is -2.21. The van der Waals surface area contributed by atoms with Crippen molar-refractivity contribution < 1.29 is 28.5 Å². The third-order valence-corrected chi connectivity index (χ3v) is 5.73. The van der Waals surface area contributed by atoms with Gasteiger partial charge in [0.2, 0.25) is 5.91 Å². The van der Waals surface area contributed by atoms with Gasteiger partial charge in [0.05, 0.1) is 33.9 Å². The molecule has 1 heterocycles. The highest BCUT2D eigenvalue weighted by atomic mass is 16.5. The Hall–Kier alpha value is -3.26. The molecule has 172 valence electrons. The van der Waals surface area contributed by atoms with Gasteiger partial charge in [0, 0.05) is 49.9 Å². The van der Waals surface area contributed by atoms with Gasteiger partial charge < -0.3 is 29.2 Å². The molecule has 1 saturated heterocycles. The Kier molecular flexibility index (Phi) is 7.94. The summed E-state index contributed by atoms with van der Waals surface area (Å²) in [5.74, 6) is 1.09. The Labute approximate surface area is 188 Å². The number of nitrogens with one attached hydrogen (secondary N) is 1. The molecule has 0 aromatic heterocycles. The smallest absolute Gasteiger partial charge is 0.253 e. The van der Waals surface area contributed by atoms with Crippen LogP contribution < -0.4 is 19.5 Å². The monoisotopic (exact) mass is 442 g/mol. The Bertz CT molecular complexity index is 931. The minimum absolute atomic E-state index is 0.116. The predicted octanol–water partition coefficient (Wildman–Crippen LogP) is 2.33. The second-order valence-corrected chi connectivity index (χ2v) is 7.54. The van der Waals surface area contributed by atoms with Crippen molar-refractivity contribution in [2.75, 3.05) is 54.7 Å². The Morgan fingerprint density at radius 3 is 2.25 bits per heavy atom. The molecule has 8 heteroatoms. The van der Waals surface area contributed by atoms with E-state index >= 15 is 0 Å². The van der Waals surface area contributed by atoms with Crippen LogP contribution in [-0.4, -0.2) is 71.4 Å². The first kappa shape index (κ1) is 23.4. The summed E-state index contributed by atoms with van der Waals surface area (Å²) in [6.45, 7) is 1.54. The zero-order valence-corrected chi connectivity index (χ0v) is 18.9. The highest BCUT2D eigenvalue weighted by molar-refractivity contribution is 5.95. The van der Waals surface area contributed by atoms with Crippen LogP contribution in [0.1, 0.15) is 21.8 Å². The molecule has 2 aromatic carbocycles. The highest BCUT2D eigenvalue weighted by Gasteiger charge is 2.41. The van der Waals surface area contributed by atoms with Gasteiger partial charge in [-0.1, -0.05) is 6.07 Å². The zero-order valence-electron chi connectivity index (χ0n) is 18.9. The summed E-state index contributed by atoms with van der Waals surface area (Å²) in [6.07, 6.45) is 0. The lowest BCUT2D eigenvalue weighted by molar-refractivity contribution is -0.125. The third kappa shape index (κ3) is 5.13. The summed E-state index contributed by atoms with van der Waals surface area (Å²) in [6, 6.07) is 12.5. The lowest BCUT2D eigenvalue weighted by atomic mass is 9.87. The molecule has 0 aliphatic carbocycles. The van der Waals surface area contributed by atoms with E-state index in [1.165, 1.54) is 0 Å². The number of benzene rings is 2. The molecule has 1 N–H and O–H groups in total. The number of amides is 2. The van der Waals surface area contributed by atoms with Crippen LogP contribution in [0.2, 0.25) is 0 Å². The average Bonchev–Trinajstić information content (AvgIpc) is 3.28. The van der Waals surface area contributed by atoms with Gasteiger partial charge in [0.25, 0.3) is 5.91 Å². The second-order valence-electron chi connectivity index (χ2n) is 7.54. The van der Waals surface area contributed by atoms with Gasteiger partial charge in [0.15, 0.2) is 0 Å². The Balaban J connectivity index is 1.88. The first-order valence-electron chi connectivity index (χ1n) is 10.4. The van der Waals surface area contributed by atoms with Crippen molar-refractivity contribution in [1.82, 2.24) is 10.2 Å². The second kappa shape index (κ2) is 10.9. The van der Waals surface area contributed by atoms with Gasteiger partial charge in [-0.05, 0) is 30.3 Å². The van der Waals surface area contributed by atoms with Crippen LogP contribution in [0.15, 0.2) is 42.5 Å². The summed E-state index contributed by atoms with van der Waals surface area (Å²) < 4.78 is 21.1. The molecule has 0 saturated carbocycles. The topological polar surface area (TPSA) is 86.3 Å². The van der Waals surface area contributed by atoms with Crippen LogP contribution in [0.5, 0.6) is 17.2 Å². The van der Waals surface area contributed by atoms with Crippen molar-refractivity contribution in [1.29, 1.82) is 0 Å². The summed E-state index contributed by atoms with van der Waals surface area (Å²) in [5.41, 5.74) is 1.41. The van der Waals surface area contributed by atoms with Crippen molar-refractivity contribution in [2.45, 2.75) is 5.92 Å². The van der Waals surface area contributed by atoms with Gasteiger partial charge in [-0.3, -0.25) is 9.59 Å². The Morgan fingerprint density at radius 2 is 1.62 bits per heavy atom. The molecule has 0 unspecified atom stereocenters. The van der Waals surface area contributed by atoms with E-state index in [4.69, 9.17) is 18.9 Å². The maximum atomic E-state index is 13.2. The molecule has 1 aliphatic rings. The van der Waals surface area contributed by atoms with Crippen LogP contribution in [0.3, 0.4) is 0 Å². The van der Waals surface area contributed by atoms with Gasteiger partial charge in [-0.2, -0.15) is 0 Å². The number of likely N-dealkylation sites (tertiary alicyclic amines) is 1. The first-order valence-corrected chi connectivity index (χ1v) is 10.4. The van der Waals surface area contributed by atoms with E-state index in [1.807, 2.05) is 12.1 Å². The molecule has 1 aliphatic heterocycles. The van der Waals surface area contributed by atoms with Gasteiger partial charge >= 0.3 is 0 Å². The van der Waals surface area contributed by atoms with E-state index in [0.717, 1.165) is 5.56 Å². The normalized spacial score (nSPS) is 17.7. The molecule has 2 amide bonds. The highest BCUT2D eigenvalue weighted by Crippen LogP contribution is 2.39. The lowest BCUT2D eigenvalue weighted by Crippen LogP contribution is -2.37. The van der Waals surface area contributed by atoms with Gasteiger partial charge in [-0.15, -0.1) is 0 Å². The fourth-order valence-corrected chi connectivity index (χ4v) is 4.00. The maximum absolute atomic E-state index is 13.2. The number of carbonyl (C=O) groups is 2. The fourth-order valence-electron chi connectivity index (χ4n) is 4.00. The minimum Gasteiger partial charge on any atom is -0.497 e. The summed E-state index contributed by atoms with van der Waals surface area (Å²) in [5, 5.41) is 2.92. The molecule has 1 fully saturated rings. The number of carbonyl (C=O) groups excluding carboxylic acids is 2. The van der Waals surface area contributed by atoms with Crippen molar-refractivity contribution in [2.24, 2.45) is 5.92 Å². The summed E-state index contributed by atoms with van der Waals surface area (Å²) >= 11 is 0. The molecule has 0 bridgehead atoms. The van der Waals surface area contributed by atoms with Crippen molar-refractivity contribution in [3.8, 4) is 17.2 Å². The molecular weight excluding hydrogens is 412 g/mol. The van der Waals surface area contributed by atoms with Crippen molar-refractivity contribution >= 4 is 11.8 Å². The number of methoxy groups -OCH3 is 4. The SMILES string of the molecule is COCCNC(=O)[C@@H]1CN(C(=O)c2ccc(OC)cc2)C[C@H]1c1ccc(OC)cc1OC. The number of hydrogen-bond donors (Lipinski definition) is 1. The van der Waals surface area contributed by atoms with Crippen LogP contribution in [0.25, 0.3) is 0 Å². The van der Waals surface area contributed by atoms with Crippen molar-refractivity contribution in [3.63, 3.8) is 0 Å². The molecular formula is C24H30N2O6. The fraction of sp³-hybridized carbons (Fsp3) is 0.417. The number of ether oxygens (including phenoxy) is 4. The Morgan fingerprint density at radius 1 is 0.938 bits per heavy atom. The molecule has 0 spiro atoms. The molecule has 3 rings (SSSR count). The average molecular weight is 443 g/mol. The molecule has 8 nitrogen and oxygen atoms in total. The van der Waals surface area contributed by atoms with E-state index in [1.54, 1.807) is 63.7 Å². The number of nitrogens with zero attached hydrogens (tertiary/aromatic N) is 1. The van der Waals surface area contributed by atoms with Gasteiger partial charge in [0.1, 0.15) is 17.2 Å². The number of rotatable bonds is 9. The number of hydrogen-bond acceptors (Lipinski definition) is 6. The van der Waals surface area contributed by atoms with Crippen LogP contribution >= 0.6 is 0 Å². The van der Waals surface area contributed by atoms with E-state index in [0.29, 0.717) is 49.1 Å². The van der Waals surface area contributed by atoms with Crippen LogP contribution in [0.4, 0.5) is 0 Å². The van der Waals surface area contributed by atoms with E-state index < -0.39 is 5.92 Å². The van der Waals surface area contributed by atoms with Crippen LogP contribution in [0, 0.1) is 5.92 Å². The minimum atomic E-state index is -0.420. The standard InChI is InChI=1S/C24H30N2O6/c1-29-12-11-25-23(27)21-15-26(24(28)16-5-7-17(30-2)8-6-16)14-20(21)19-10-9-18(31-3)13-22(19)32-4/h5-10,13,20-21H,11-12,14-15H2,1-4H3,(H,25,27)/t20-,21+/m0/s1. The molecule has 2 aromatic rings. The molecule has 2 atom stereocenters. The third-order valence-electron chi connectivity index (χ3n) is 5.73. The predicted molar refractivity (Wildman–Crippen MR) is 120 cm³/mol. The van der Waals surface area contributed by atoms with Gasteiger partial charge in [-0.25, -0.2) is 0 Å². The first-order chi connectivity index (χ1) is 15.5. The zero-order chi connectivity index (χ0) is 23.1. The summed E-state index contributed by atoms with van der Waals surface area (Å²) in [7, 11) is 6.34. The summed E-state index contributed by atoms with van der Waals surface area (Å²) in [4.78, 5) is 27.9. The largest absolute Gasteiger partial charge is 0.497 e. The van der Waals surface area contributed by atoms with E-state index in [-0.39, 0.29) is 17.7 Å². The van der Waals surface area contributed by atoms with Crippen LogP contribution in [-0.2, 0) is 9.53 Å². The van der Waals surface area contributed by atoms with E-state index in [2.05, 4.69) is 5.32 Å². The molecule has 0 radical (unpaired) electrons. The maximum Gasteiger partial charge on any atom is 0.253 e.